The summed E-state index contributed by atoms with van der Waals surface area (Å²) in [6.07, 6.45) is 0. The standard InChI is InChI=1S/C15H23ClFN3O2S/c1-12(2)18-5-6-19-7-9-20(10-8-19)23(21,22)13-3-4-15(17)14(16)11-13/h3-4,11-12,18H,5-10H2,1-2H3. The molecule has 1 N–H and O–H groups in total. The largest absolute Gasteiger partial charge is 0.313 e. The quantitative estimate of drug-likeness (QED) is 0.837. The monoisotopic (exact) mass is 363 g/mol. The summed E-state index contributed by atoms with van der Waals surface area (Å²) < 4.78 is 39.8. The van der Waals surface area contributed by atoms with Crippen LogP contribution >= 0.6 is 11.6 Å². The zero-order valence-corrected chi connectivity index (χ0v) is 15.0. The summed E-state index contributed by atoms with van der Waals surface area (Å²) in [5, 5.41) is 3.17. The summed E-state index contributed by atoms with van der Waals surface area (Å²) in [6, 6.07) is 3.96. The molecule has 0 aliphatic carbocycles. The first-order chi connectivity index (χ1) is 10.8. The predicted molar refractivity (Wildman–Crippen MR) is 89.7 cm³/mol. The van der Waals surface area contributed by atoms with Crippen molar-refractivity contribution in [2.75, 3.05) is 39.3 Å². The van der Waals surface area contributed by atoms with Gasteiger partial charge in [0.15, 0.2) is 0 Å². The van der Waals surface area contributed by atoms with Gasteiger partial charge in [-0.2, -0.15) is 4.31 Å². The fourth-order valence-electron chi connectivity index (χ4n) is 2.49. The number of piperazine rings is 1. The number of benzene rings is 1. The molecule has 0 spiro atoms. The van der Waals surface area contributed by atoms with Crippen LogP contribution in [0, 0.1) is 5.82 Å². The lowest BCUT2D eigenvalue weighted by Gasteiger charge is -2.34. The molecule has 2 rings (SSSR count). The molecule has 23 heavy (non-hydrogen) atoms. The third-order valence-corrected chi connectivity index (χ3v) is 6.03. The van der Waals surface area contributed by atoms with Gasteiger partial charge in [-0.05, 0) is 18.2 Å². The first-order valence-corrected chi connectivity index (χ1v) is 9.53. The van der Waals surface area contributed by atoms with E-state index in [1.165, 1.54) is 16.4 Å². The summed E-state index contributed by atoms with van der Waals surface area (Å²) in [7, 11) is -3.62. The molecule has 0 radical (unpaired) electrons. The van der Waals surface area contributed by atoms with Crippen molar-refractivity contribution in [2.45, 2.75) is 24.8 Å². The zero-order chi connectivity index (χ0) is 17.0. The lowest BCUT2D eigenvalue weighted by Crippen LogP contribution is -2.50. The molecular formula is C15H23ClFN3O2S. The Morgan fingerprint density at radius 2 is 1.91 bits per heavy atom. The summed E-state index contributed by atoms with van der Waals surface area (Å²) >= 11 is 5.69. The van der Waals surface area contributed by atoms with Crippen molar-refractivity contribution in [3.8, 4) is 0 Å². The predicted octanol–water partition coefficient (Wildman–Crippen LogP) is 1.78. The molecule has 5 nitrogen and oxygen atoms in total. The van der Waals surface area contributed by atoms with E-state index in [0.717, 1.165) is 19.2 Å². The van der Waals surface area contributed by atoms with Gasteiger partial charge in [-0.25, -0.2) is 12.8 Å². The van der Waals surface area contributed by atoms with Crippen LogP contribution in [0.2, 0.25) is 5.02 Å². The maximum absolute atomic E-state index is 13.2. The highest BCUT2D eigenvalue weighted by molar-refractivity contribution is 7.89. The van der Waals surface area contributed by atoms with Crippen LogP contribution in [-0.4, -0.2) is 62.9 Å². The van der Waals surface area contributed by atoms with Crippen molar-refractivity contribution in [3.63, 3.8) is 0 Å². The molecule has 8 heteroatoms. The van der Waals surface area contributed by atoms with Crippen molar-refractivity contribution < 1.29 is 12.8 Å². The highest BCUT2D eigenvalue weighted by Gasteiger charge is 2.28. The Morgan fingerprint density at radius 3 is 2.48 bits per heavy atom. The lowest BCUT2D eigenvalue weighted by atomic mass is 10.3. The first-order valence-electron chi connectivity index (χ1n) is 7.71. The Morgan fingerprint density at radius 1 is 1.26 bits per heavy atom. The molecule has 1 heterocycles. The minimum atomic E-state index is -3.62. The van der Waals surface area contributed by atoms with E-state index in [0.29, 0.717) is 32.2 Å². The summed E-state index contributed by atoms with van der Waals surface area (Å²) in [4.78, 5) is 2.28. The van der Waals surface area contributed by atoms with Gasteiger partial charge in [-0.15, -0.1) is 0 Å². The van der Waals surface area contributed by atoms with E-state index in [1.807, 2.05) is 0 Å². The first kappa shape index (κ1) is 18.6. The van der Waals surface area contributed by atoms with Gasteiger partial charge in [0.2, 0.25) is 10.0 Å². The summed E-state index contributed by atoms with van der Waals surface area (Å²) in [6.45, 7) is 8.21. The minimum absolute atomic E-state index is 0.0406. The normalized spacial score (nSPS) is 17.8. The second-order valence-corrected chi connectivity index (χ2v) is 8.28. The van der Waals surface area contributed by atoms with Crippen LogP contribution in [-0.2, 0) is 10.0 Å². The molecule has 0 bridgehead atoms. The number of hydrogen-bond donors (Lipinski definition) is 1. The second-order valence-electron chi connectivity index (χ2n) is 5.93. The van der Waals surface area contributed by atoms with Gasteiger partial charge in [0.05, 0.1) is 9.92 Å². The van der Waals surface area contributed by atoms with Gasteiger partial charge in [0.25, 0.3) is 0 Å². The second kappa shape index (κ2) is 7.90. The fraction of sp³-hybridized carbons (Fsp3) is 0.600. The van der Waals surface area contributed by atoms with Gasteiger partial charge < -0.3 is 5.32 Å². The average Bonchev–Trinajstić information content (AvgIpc) is 2.50. The molecule has 0 saturated carbocycles. The van der Waals surface area contributed by atoms with E-state index in [-0.39, 0.29) is 9.92 Å². The SMILES string of the molecule is CC(C)NCCN1CCN(S(=O)(=O)c2ccc(F)c(Cl)c2)CC1. The van der Waals surface area contributed by atoms with Crippen molar-refractivity contribution in [2.24, 2.45) is 0 Å². The third-order valence-electron chi connectivity index (χ3n) is 3.84. The third kappa shape index (κ3) is 4.87. The highest BCUT2D eigenvalue weighted by atomic mass is 35.5. The topological polar surface area (TPSA) is 52.6 Å². The molecule has 1 aliphatic heterocycles. The smallest absolute Gasteiger partial charge is 0.243 e. The van der Waals surface area contributed by atoms with Crippen molar-refractivity contribution in [1.82, 2.24) is 14.5 Å². The molecule has 0 unspecified atom stereocenters. The van der Waals surface area contributed by atoms with Gasteiger partial charge in [0.1, 0.15) is 5.82 Å². The van der Waals surface area contributed by atoms with E-state index < -0.39 is 15.8 Å². The Kier molecular flexibility index (Phi) is 6.39. The molecule has 0 amide bonds. The number of halogens is 2. The molecular weight excluding hydrogens is 341 g/mol. The Balaban J connectivity index is 1.94. The number of nitrogens with one attached hydrogen (secondary N) is 1. The Bertz CT molecular complexity index is 632. The summed E-state index contributed by atoms with van der Waals surface area (Å²) in [5.74, 6) is -0.618. The molecule has 0 aromatic heterocycles. The van der Waals surface area contributed by atoms with E-state index >= 15 is 0 Å². The van der Waals surface area contributed by atoms with Gasteiger partial charge in [-0.1, -0.05) is 25.4 Å². The molecule has 130 valence electrons. The van der Waals surface area contributed by atoms with Crippen LogP contribution in [0.4, 0.5) is 4.39 Å². The van der Waals surface area contributed by atoms with E-state index in [4.69, 9.17) is 11.6 Å². The summed E-state index contributed by atoms with van der Waals surface area (Å²) in [5.41, 5.74) is 0. The number of nitrogens with zero attached hydrogens (tertiary/aromatic N) is 2. The van der Waals surface area contributed by atoms with E-state index in [1.54, 1.807) is 0 Å². The van der Waals surface area contributed by atoms with Crippen molar-refractivity contribution >= 4 is 21.6 Å². The number of hydrogen-bond acceptors (Lipinski definition) is 4. The number of sulfonamides is 1. The van der Waals surface area contributed by atoms with Crippen LogP contribution < -0.4 is 5.32 Å². The van der Waals surface area contributed by atoms with Crippen molar-refractivity contribution in [3.05, 3.63) is 29.0 Å². The molecule has 1 fully saturated rings. The Hall–Kier alpha value is -0.730. The van der Waals surface area contributed by atoms with E-state index in [2.05, 4.69) is 24.1 Å². The molecule has 1 aromatic rings. The van der Waals surface area contributed by atoms with E-state index in [9.17, 15) is 12.8 Å². The van der Waals surface area contributed by atoms with Crippen LogP contribution in [0.1, 0.15) is 13.8 Å². The highest BCUT2D eigenvalue weighted by Crippen LogP contribution is 2.23. The van der Waals surface area contributed by atoms with Crippen molar-refractivity contribution in [1.29, 1.82) is 0 Å². The van der Waals surface area contributed by atoms with Crippen LogP contribution in [0.25, 0.3) is 0 Å². The Labute approximate surface area is 142 Å². The van der Waals surface area contributed by atoms with Crippen LogP contribution in [0.5, 0.6) is 0 Å². The van der Waals surface area contributed by atoms with Crippen LogP contribution in [0.3, 0.4) is 0 Å². The average molecular weight is 364 g/mol. The zero-order valence-electron chi connectivity index (χ0n) is 13.4. The fourth-order valence-corrected chi connectivity index (χ4v) is 4.19. The molecule has 1 aliphatic rings. The molecule has 1 saturated heterocycles. The minimum Gasteiger partial charge on any atom is -0.313 e. The molecule has 0 atom stereocenters. The number of rotatable bonds is 6. The van der Waals surface area contributed by atoms with Gasteiger partial charge in [-0.3, -0.25) is 4.90 Å². The van der Waals surface area contributed by atoms with Gasteiger partial charge >= 0.3 is 0 Å². The maximum atomic E-state index is 13.2. The van der Waals surface area contributed by atoms with Crippen LogP contribution in [0.15, 0.2) is 23.1 Å². The molecule has 1 aromatic carbocycles. The van der Waals surface area contributed by atoms with Gasteiger partial charge in [0, 0.05) is 45.3 Å². The lowest BCUT2D eigenvalue weighted by molar-refractivity contribution is 0.188. The maximum Gasteiger partial charge on any atom is 0.243 e.